The lowest BCUT2D eigenvalue weighted by Crippen LogP contribution is -2.20. The molecule has 1 aromatic carbocycles. The van der Waals surface area contributed by atoms with Crippen molar-refractivity contribution in [2.75, 3.05) is 14.2 Å². The summed E-state index contributed by atoms with van der Waals surface area (Å²) in [5, 5.41) is 1.61. The first-order valence-electron chi connectivity index (χ1n) is 9.51. The predicted octanol–water partition coefficient (Wildman–Crippen LogP) is 3.67. The summed E-state index contributed by atoms with van der Waals surface area (Å²) in [5.41, 5.74) is 2.87. The van der Waals surface area contributed by atoms with Crippen LogP contribution in [0.25, 0.3) is 11.0 Å². The number of hydrogen-bond donors (Lipinski definition) is 0. The topological polar surface area (TPSA) is 106 Å². The molecule has 3 aromatic heterocycles. The molecular weight excluding hydrogens is 470 g/mol. The van der Waals surface area contributed by atoms with Crippen LogP contribution in [0.4, 0.5) is 0 Å². The van der Waals surface area contributed by atoms with E-state index >= 15 is 0 Å². The van der Waals surface area contributed by atoms with Crippen molar-refractivity contribution < 1.29 is 22.4 Å². The first-order valence-corrected chi connectivity index (χ1v) is 13.1. The summed E-state index contributed by atoms with van der Waals surface area (Å²) >= 11 is -0.715. The number of nitrogens with zero attached hydrogens (tertiary/aromatic N) is 3. The highest BCUT2D eigenvalue weighted by Crippen LogP contribution is 2.32. The lowest BCUT2D eigenvalue weighted by Gasteiger charge is -2.15. The van der Waals surface area contributed by atoms with Crippen molar-refractivity contribution in [2.45, 2.75) is 29.0 Å². The maximum atomic E-state index is 13.5. The highest BCUT2D eigenvalue weighted by molar-refractivity contribution is 7.94. The molecule has 0 bridgehead atoms. The molecule has 3 heterocycles. The van der Waals surface area contributed by atoms with Crippen molar-refractivity contribution in [1.82, 2.24) is 13.9 Å². The van der Waals surface area contributed by atoms with Crippen molar-refractivity contribution in [2.24, 2.45) is 0 Å². The molecule has 0 amide bonds. The van der Waals surface area contributed by atoms with Gasteiger partial charge in [0.25, 0.3) is 10.0 Å². The first kappa shape index (κ1) is 22.6. The number of aromatic nitrogens is 3. The quantitative estimate of drug-likeness (QED) is 0.363. The monoisotopic (exact) mass is 491 g/mol. The van der Waals surface area contributed by atoms with Crippen LogP contribution in [0.15, 0.2) is 51.3 Å². The van der Waals surface area contributed by atoms with Gasteiger partial charge in [0, 0.05) is 34.6 Å². The van der Waals surface area contributed by atoms with Gasteiger partial charge >= 0.3 is 5.16 Å². The summed E-state index contributed by atoms with van der Waals surface area (Å²) in [4.78, 5) is 8.83. The number of benzene rings is 1. The second kappa shape index (κ2) is 8.74. The fraction of sp³-hybridized carbons (Fsp3) is 0.238. The van der Waals surface area contributed by atoms with Gasteiger partial charge in [-0.25, -0.2) is 0 Å². The molecule has 0 fully saturated rings. The Morgan fingerprint density at radius 2 is 1.97 bits per heavy atom. The first-order chi connectivity index (χ1) is 15.3. The number of hydrogen-bond acceptors (Lipinski definition) is 8. The van der Waals surface area contributed by atoms with Crippen LogP contribution in [0.3, 0.4) is 0 Å². The molecule has 0 N–H and O–H groups in total. The van der Waals surface area contributed by atoms with E-state index in [1.54, 1.807) is 43.0 Å². The summed E-state index contributed by atoms with van der Waals surface area (Å²) in [6.07, 6.45) is 1.65. The maximum absolute atomic E-state index is 13.5. The maximum Gasteiger partial charge on any atom is 0.338 e. The van der Waals surface area contributed by atoms with Crippen molar-refractivity contribution in [3.8, 4) is 11.5 Å². The summed E-state index contributed by atoms with van der Waals surface area (Å²) in [6, 6.07) is 8.04. The molecule has 1 atom stereocenters. The van der Waals surface area contributed by atoms with Gasteiger partial charge in [-0.3, -0.25) is 4.98 Å². The zero-order valence-corrected chi connectivity index (χ0v) is 20.3. The Labute approximate surface area is 193 Å². The van der Waals surface area contributed by atoms with Crippen molar-refractivity contribution in [3.05, 3.63) is 58.7 Å². The minimum atomic E-state index is -4.00. The van der Waals surface area contributed by atoms with E-state index in [1.807, 2.05) is 13.8 Å². The standard InChI is InChI=1S/C21H21N3O5S3/c1-13-11-22-17(14(2)20(13)29-4)12-31(25)21-23-16-10-15(28-3)7-8-18(16)24(21)32(26,27)19-6-5-9-30-19/h5-11H,12H2,1-4H3. The number of aryl methyl sites for hydroxylation is 1. The molecule has 0 saturated heterocycles. The van der Waals surface area contributed by atoms with E-state index in [0.29, 0.717) is 28.2 Å². The largest absolute Gasteiger partial charge is 0.609 e. The third-order valence-electron chi connectivity index (χ3n) is 5.00. The zero-order valence-electron chi connectivity index (χ0n) is 17.9. The SMILES string of the molecule is COc1ccc2c(c1)nc([S+]([O-])Cc1ncc(C)c(OC)c1C)n2S(=O)(=O)c1cccs1. The average molecular weight is 492 g/mol. The molecular formula is C21H21N3O5S3. The van der Waals surface area contributed by atoms with Crippen LogP contribution in [0, 0.1) is 13.8 Å². The molecule has 0 radical (unpaired) electrons. The van der Waals surface area contributed by atoms with Gasteiger partial charge in [0.15, 0.2) is 5.75 Å². The number of pyridine rings is 1. The van der Waals surface area contributed by atoms with Crippen LogP contribution in [0.2, 0.25) is 0 Å². The van der Waals surface area contributed by atoms with E-state index in [1.165, 1.54) is 13.2 Å². The Morgan fingerprint density at radius 1 is 1.19 bits per heavy atom. The van der Waals surface area contributed by atoms with Crippen LogP contribution < -0.4 is 9.47 Å². The van der Waals surface area contributed by atoms with E-state index in [4.69, 9.17) is 9.47 Å². The lowest BCUT2D eigenvalue weighted by atomic mass is 10.1. The van der Waals surface area contributed by atoms with Gasteiger partial charge < -0.3 is 14.0 Å². The zero-order chi connectivity index (χ0) is 23.0. The van der Waals surface area contributed by atoms with Gasteiger partial charge in [-0.15, -0.1) is 11.3 Å². The number of ether oxygens (including phenoxy) is 2. The molecule has 0 spiro atoms. The van der Waals surface area contributed by atoms with Gasteiger partial charge in [-0.1, -0.05) is 6.07 Å². The molecule has 1 unspecified atom stereocenters. The Bertz CT molecular complexity index is 1380. The average Bonchev–Trinajstić information content (AvgIpc) is 3.44. The van der Waals surface area contributed by atoms with Gasteiger partial charge in [0.05, 0.1) is 30.9 Å². The number of methoxy groups -OCH3 is 2. The van der Waals surface area contributed by atoms with E-state index in [9.17, 15) is 13.0 Å². The molecule has 4 rings (SSSR count). The van der Waals surface area contributed by atoms with Crippen LogP contribution in [-0.4, -0.2) is 41.1 Å². The highest BCUT2D eigenvalue weighted by atomic mass is 32.2. The van der Waals surface area contributed by atoms with E-state index < -0.39 is 21.2 Å². The molecule has 4 aromatic rings. The molecule has 0 aliphatic carbocycles. The van der Waals surface area contributed by atoms with Crippen LogP contribution in [0.5, 0.6) is 11.5 Å². The molecule has 32 heavy (non-hydrogen) atoms. The second-order valence-corrected chi connectivity index (χ2v) is 11.3. The molecule has 0 aliphatic heterocycles. The molecule has 8 nitrogen and oxygen atoms in total. The molecule has 0 aliphatic rings. The van der Waals surface area contributed by atoms with Crippen molar-refractivity contribution in [3.63, 3.8) is 0 Å². The van der Waals surface area contributed by atoms with Crippen LogP contribution >= 0.6 is 11.3 Å². The third-order valence-corrected chi connectivity index (χ3v) is 9.41. The van der Waals surface area contributed by atoms with E-state index in [2.05, 4.69) is 9.97 Å². The third kappa shape index (κ3) is 3.85. The van der Waals surface area contributed by atoms with Crippen molar-refractivity contribution in [1.29, 1.82) is 0 Å². The van der Waals surface area contributed by atoms with Gasteiger partial charge in [-0.2, -0.15) is 17.4 Å². The Hall–Kier alpha value is -2.60. The second-order valence-electron chi connectivity index (χ2n) is 6.99. The Kier molecular flexibility index (Phi) is 6.17. The molecule has 168 valence electrons. The fourth-order valence-electron chi connectivity index (χ4n) is 3.42. The summed E-state index contributed by atoms with van der Waals surface area (Å²) < 4.78 is 52.2. The van der Waals surface area contributed by atoms with E-state index in [-0.39, 0.29) is 15.1 Å². The number of fused-ring (bicyclic) bond motifs is 1. The smallest absolute Gasteiger partial charge is 0.338 e. The predicted molar refractivity (Wildman–Crippen MR) is 124 cm³/mol. The molecule has 0 saturated carbocycles. The minimum absolute atomic E-state index is 0.0110. The normalized spacial score (nSPS) is 12.8. The fourth-order valence-corrected chi connectivity index (χ4v) is 7.54. The Balaban J connectivity index is 1.87. The van der Waals surface area contributed by atoms with Crippen LogP contribution in [0.1, 0.15) is 16.8 Å². The lowest BCUT2D eigenvalue weighted by molar-refractivity contribution is 0.407. The van der Waals surface area contributed by atoms with E-state index in [0.717, 1.165) is 26.4 Å². The number of thiophene rings is 1. The summed E-state index contributed by atoms with van der Waals surface area (Å²) in [7, 11) is -0.924. The minimum Gasteiger partial charge on any atom is -0.609 e. The highest BCUT2D eigenvalue weighted by Gasteiger charge is 2.32. The number of rotatable bonds is 7. The number of imidazole rings is 1. The van der Waals surface area contributed by atoms with Gasteiger partial charge in [0.1, 0.15) is 15.7 Å². The van der Waals surface area contributed by atoms with Gasteiger partial charge in [-0.05, 0) is 37.4 Å². The summed E-state index contributed by atoms with van der Waals surface area (Å²) in [5.74, 6) is 1.17. The van der Waals surface area contributed by atoms with Crippen LogP contribution in [-0.2, 0) is 27.0 Å². The Morgan fingerprint density at radius 3 is 2.62 bits per heavy atom. The summed E-state index contributed by atoms with van der Waals surface area (Å²) in [6.45, 7) is 3.71. The van der Waals surface area contributed by atoms with Crippen molar-refractivity contribution >= 4 is 43.6 Å². The van der Waals surface area contributed by atoms with Gasteiger partial charge in [0.2, 0.25) is 0 Å². The molecule has 11 heteroatoms.